The summed E-state index contributed by atoms with van der Waals surface area (Å²) in [7, 11) is 2.96. The molecule has 2 saturated heterocycles. The molecule has 4 heterocycles. The second-order valence-corrected chi connectivity index (χ2v) is 11.3. The highest BCUT2D eigenvalue weighted by atomic mass is 19.4. The summed E-state index contributed by atoms with van der Waals surface area (Å²) in [6.07, 6.45) is -4.00. The standard InChI is InChI=1S/C23H26F6N6O2.C7H12FN.C2H6/c1-5-10(2)37-21-14-19(34-22(36-4)35-20(14)32-7-6-31-3)17(26)18(33-21)11-8-13(30)16(25)15(24)12(11)9-23(27,28)29;8-6-4-7-2-1-3-9(7)5-6;1-2/h8,10,31H,5-7,9,30H2,1-4H3,(H,32,34,35);6-7H,1-5H2;1-2H3. The van der Waals surface area contributed by atoms with Crippen molar-refractivity contribution in [3.63, 3.8) is 0 Å². The van der Waals surface area contributed by atoms with Gasteiger partial charge in [-0.1, -0.05) is 20.8 Å². The number of nitrogens with zero attached hydrogens (tertiary/aromatic N) is 4. The predicted octanol–water partition coefficient (Wildman–Crippen LogP) is 6.83. The summed E-state index contributed by atoms with van der Waals surface area (Å²) in [6, 6.07) is 1.05. The van der Waals surface area contributed by atoms with Gasteiger partial charge in [-0.05, 0) is 52.3 Å². The van der Waals surface area contributed by atoms with Gasteiger partial charge in [-0.15, -0.1) is 0 Å². The van der Waals surface area contributed by atoms with Crippen LogP contribution < -0.4 is 25.8 Å². The maximum atomic E-state index is 16.0. The van der Waals surface area contributed by atoms with E-state index in [0.29, 0.717) is 38.2 Å². The zero-order chi connectivity index (χ0) is 35.8. The van der Waals surface area contributed by atoms with E-state index >= 15 is 4.39 Å². The molecule has 0 aliphatic carbocycles. The third-order valence-corrected chi connectivity index (χ3v) is 7.90. The Balaban J connectivity index is 0.000000478. The minimum atomic E-state index is -4.95. The molecule has 2 aromatic heterocycles. The number of nitrogen functional groups attached to an aromatic ring is 1. The number of alkyl halides is 4. The first-order valence-electron chi connectivity index (χ1n) is 16.0. The van der Waals surface area contributed by atoms with Gasteiger partial charge in [0.1, 0.15) is 28.6 Å². The molecule has 0 radical (unpaired) electrons. The maximum absolute atomic E-state index is 16.0. The minimum Gasteiger partial charge on any atom is -0.474 e. The van der Waals surface area contributed by atoms with Crippen LogP contribution in [-0.4, -0.2) is 84.7 Å². The number of halogens is 7. The van der Waals surface area contributed by atoms with Crippen molar-refractivity contribution in [3.05, 3.63) is 29.1 Å². The average molecular weight is 692 g/mol. The fourth-order valence-corrected chi connectivity index (χ4v) is 5.48. The lowest BCUT2D eigenvalue weighted by molar-refractivity contribution is -0.127. The third kappa shape index (κ3) is 9.27. The summed E-state index contributed by atoms with van der Waals surface area (Å²) < 4.78 is 108. The predicted molar refractivity (Wildman–Crippen MR) is 172 cm³/mol. The smallest absolute Gasteiger partial charge is 0.393 e. The van der Waals surface area contributed by atoms with Crippen LogP contribution in [0.25, 0.3) is 22.2 Å². The van der Waals surface area contributed by atoms with Crippen LogP contribution in [0.2, 0.25) is 0 Å². The summed E-state index contributed by atoms with van der Waals surface area (Å²) in [5, 5.41) is 5.91. The van der Waals surface area contributed by atoms with Gasteiger partial charge in [0.25, 0.3) is 0 Å². The number of rotatable bonds is 10. The number of methoxy groups -OCH3 is 1. The molecule has 9 nitrogen and oxygen atoms in total. The van der Waals surface area contributed by atoms with Crippen molar-refractivity contribution < 1.29 is 40.2 Å². The van der Waals surface area contributed by atoms with Crippen LogP contribution in [0.4, 0.5) is 42.2 Å². The maximum Gasteiger partial charge on any atom is 0.393 e. The molecule has 5 rings (SSSR count). The number of nitrogens with one attached hydrogen (secondary N) is 2. The summed E-state index contributed by atoms with van der Waals surface area (Å²) in [4.78, 5) is 14.6. The van der Waals surface area contributed by atoms with Gasteiger partial charge >= 0.3 is 12.2 Å². The molecule has 2 aliphatic rings. The van der Waals surface area contributed by atoms with E-state index in [1.165, 1.54) is 20.0 Å². The van der Waals surface area contributed by atoms with Crippen molar-refractivity contribution in [1.29, 1.82) is 0 Å². The summed E-state index contributed by atoms with van der Waals surface area (Å²) in [5.41, 5.74) is 1.66. The molecular weight excluding hydrogens is 647 g/mol. The number of fused-ring (bicyclic) bond motifs is 2. The van der Waals surface area contributed by atoms with E-state index in [0.717, 1.165) is 13.0 Å². The number of nitrogens with two attached hydrogens (primary N) is 1. The molecule has 268 valence electrons. The van der Waals surface area contributed by atoms with E-state index in [-0.39, 0.29) is 23.1 Å². The number of aromatic nitrogens is 3. The van der Waals surface area contributed by atoms with Crippen molar-refractivity contribution in [2.45, 2.75) is 84.3 Å². The second-order valence-electron chi connectivity index (χ2n) is 11.3. The van der Waals surface area contributed by atoms with Crippen LogP contribution in [0.5, 0.6) is 11.9 Å². The quantitative estimate of drug-likeness (QED) is 0.120. The lowest BCUT2D eigenvalue weighted by atomic mass is 9.98. The molecule has 3 atom stereocenters. The van der Waals surface area contributed by atoms with Crippen molar-refractivity contribution in [1.82, 2.24) is 25.2 Å². The van der Waals surface area contributed by atoms with Gasteiger partial charge in [0, 0.05) is 36.8 Å². The van der Waals surface area contributed by atoms with Crippen LogP contribution in [-0.2, 0) is 6.42 Å². The number of benzene rings is 1. The monoisotopic (exact) mass is 691 g/mol. The fraction of sp³-hybridized carbons (Fsp3) is 0.594. The van der Waals surface area contributed by atoms with Gasteiger partial charge in [-0.3, -0.25) is 4.90 Å². The van der Waals surface area contributed by atoms with Crippen LogP contribution in [0.1, 0.15) is 58.9 Å². The molecule has 3 aromatic rings. The van der Waals surface area contributed by atoms with Crippen molar-refractivity contribution in [3.8, 4) is 23.1 Å². The molecule has 0 bridgehead atoms. The molecular formula is C32H44F7N7O2. The van der Waals surface area contributed by atoms with Crippen molar-refractivity contribution in [2.75, 3.05) is 51.4 Å². The largest absolute Gasteiger partial charge is 0.474 e. The van der Waals surface area contributed by atoms with Crippen molar-refractivity contribution >= 4 is 22.4 Å². The van der Waals surface area contributed by atoms with Crippen molar-refractivity contribution in [2.24, 2.45) is 0 Å². The Morgan fingerprint density at radius 2 is 1.79 bits per heavy atom. The van der Waals surface area contributed by atoms with E-state index in [4.69, 9.17) is 15.2 Å². The minimum absolute atomic E-state index is 0.00798. The van der Waals surface area contributed by atoms with E-state index < -0.39 is 70.3 Å². The first kappa shape index (κ1) is 38.8. The average Bonchev–Trinajstić information content (AvgIpc) is 3.64. The van der Waals surface area contributed by atoms with Gasteiger partial charge in [-0.2, -0.15) is 23.1 Å². The van der Waals surface area contributed by atoms with Crippen LogP contribution in [0, 0.1) is 17.5 Å². The Kier molecular flexibility index (Phi) is 13.8. The molecule has 1 aromatic carbocycles. The summed E-state index contributed by atoms with van der Waals surface area (Å²) >= 11 is 0. The SMILES string of the molecule is CC.CCC(C)Oc1nc(-c2cc(N)c(F)c(F)c2CC(F)(F)F)c(F)c2nc(OC)nc(NCCNC)c12.FC1CC2CCCN2C1. The van der Waals surface area contributed by atoms with Crippen LogP contribution in [0.15, 0.2) is 6.07 Å². The highest BCUT2D eigenvalue weighted by molar-refractivity contribution is 5.96. The van der Waals surface area contributed by atoms with E-state index in [1.807, 2.05) is 13.8 Å². The molecule has 4 N–H and O–H groups in total. The van der Waals surface area contributed by atoms with Gasteiger partial charge in [0.05, 0.1) is 25.3 Å². The molecule has 0 spiro atoms. The van der Waals surface area contributed by atoms with E-state index in [2.05, 4.69) is 30.5 Å². The van der Waals surface area contributed by atoms with Gasteiger partial charge in [0.15, 0.2) is 17.5 Å². The second kappa shape index (κ2) is 17.1. The lowest BCUT2D eigenvalue weighted by Gasteiger charge is -2.20. The Morgan fingerprint density at radius 3 is 2.40 bits per heavy atom. The highest BCUT2D eigenvalue weighted by Crippen LogP contribution is 2.41. The Morgan fingerprint density at radius 1 is 1.08 bits per heavy atom. The zero-order valence-electron chi connectivity index (χ0n) is 28.0. The Hall–Kier alpha value is -3.66. The topological polar surface area (TPSA) is 110 Å². The number of hydrogen-bond donors (Lipinski definition) is 3. The molecule has 0 amide bonds. The third-order valence-electron chi connectivity index (χ3n) is 7.90. The summed E-state index contributed by atoms with van der Waals surface area (Å²) in [5.74, 6) is -4.89. The number of hydrogen-bond acceptors (Lipinski definition) is 9. The number of anilines is 2. The molecule has 48 heavy (non-hydrogen) atoms. The molecule has 3 unspecified atom stereocenters. The first-order valence-corrected chi connectivity index (χ1v) is 16.0. The van der Waals surface area contributed by atoms with Crippen LogP contribution >= 0.6 is 0 Å². The lowest BCUT2D eigenvalue weighted by Crippen LogP contribution is -2.22. The Labute approximate surface area is 275 Å². The number of pyridine rings is 1. The zero-order valence-corrected chi connectivity index (χ0v) is 28.0. The fourth-order valence-electron chi connectivity index (χ4n) is 5.48. The molecule has 2 aliphatic heterocycles. The molecule has 0 saturated carbocycles. The normalized spacial score (nSPS) is 18.0. The number of likely N-dealkylation sites (N-methyl/N-ethyl adjacent to an activating group) is 1. The summed E-state index contributed by atoms with van der Waals surface area (Å²) in [6.45, 7) is 10.2. The Bertz CT molecular complexity index is 1520. The van der Waals surface area contributed by atoms with Gasteiger partial charge < -0.3 is 25.8 Å². The van der Waals surface area contributed by atoms with E-state index in [1.54, 1.807) is 20.9 Å². The highest BCUT2D eigenvalue weighted by Gasteiger charge is 2.36. The molecule has 16 heteroatoms. The van der Waals surface area contributed by atoms with Crippen LogP contribution in [0.3, 0.4) is 0 Å². The van der Waals surface area contributed by atoms with Gasteiger partial charge in [-0.25, -0.2) is 22.5 Å². The number of ether oxygens (including phenoxy) is 2. The first-order chi connectivity index (χ1) is 22.8. The molecule has 2 fully saturated rings. The van der Waals surface area contributed by atoms with Gasteiger partial charge in [0.2, 0.25) is 5.88 Å². The van der Waals surface area contributed by atoms with E-state index in [9.17, 15) is 26.3 Å².